The number of carbonyl (C=O) groups excluding carboxylic acids is 6. The van der Waals surface area contributed by atoms with Gasteiger partial charge in [0.1, 0.15) is 134 Å². The highest BCUT2D eigenvalue weighted by molar-refractivity contribution is 5.98. The molecule has 0 aromatic heterocycles. The number of aliphatic hydroxyl groups is 12. The van der Waals surface area contributed by atoms with E-state index in [0.717, 1.165) is 17.7 Å². The second-order valence-electron chi connectivity index (χ2n) is 27.9. The first-order chi connectivity index (χ1) is 52.1. The zero-order valence-corrected chi connectivity index (χ0v) is 60.0. The highest BCUT2D eigenvalue weighted by Gasteiger charge is 2.55. The van der Waals surface area contributed by atoms with E-state index in [4.69, 9.17) is 49.4 Å². The van der Waals surface area contributed by atoms with Gasteiger partial charge in [0.25, 0.3) is 0 Å². The molecule has 5 saturated heterocycles. The predicted octanol–water partition coefficient (Wildman–Crippen LogP) is -7.78. The SMILES string of the molecule is CC(C)=CCC/C(C)=C/COc1ccc(C2OCC3OC(OC4C(CO)OC(Oc5ccc(CC6NC(=O)C(C(C)c7ccccc7)NC(=O)CNC(=O)C(CO)NC(=O)C(C(O)C7CN=C(N)N7C7OC(CO)C(O)C(O)C7O)NC(=O)C(C(O)C7CN=C(N)N7)NC6=O)cc5)C(O)C4O)C(O)C(O)C3O2)cc1. The number of nitrogens with one attached hydrogen (secondary N) is 7. The Kier molecular flexibility index (Phi) is 28.4. The monoisotopic (exact) mass is 1530 g/mol. The quantitative estimate of drug-likeness (QED) is 0.0392. The molecule has 3 aromatic carbocycles. The molecule has 38 nitrogen and oxygen atoms in total. The minimum absolute atomic E-state index is 0.0511. The number of carbonyl (C=O) groups is 6. The van der Waals surface area contributed by atoms with Gasteiger partial charge in [0.2, 0.25) is 41.7 Å². The van der Waals surface area contributed by atoms with E-state index in [1.807, 2.05) is 13.0 Å². The summed E-state index contributed by atoms with van der Waals surface area (Å²) in [6.45, 7) is 3.28. The first-order valence-corrected chi connectivity index (χ1v) is 35.7. The zero-order valence-electron chi connectivity index (χ0n) is 60.0. The number of amides is 6. The number of nitrogens with zero attached hydrogens (tertiary/aromatic N) is 3. The number of allylic oxidation sites excluding steroid dienone is 3. The third kappa shape index (κ3) is 19.9. The van der Waals surface area contributed by atoms with Crippen LogP contribution < -0.4 is 58.2 Å². The van der Waals surface area contributed by atoms with Gasteiger partial charge in [-0.1, -0.05) is 78.7 Å². The molecule has 5 fully saturated rings. The summed E-state index contributed by atoms with van der Waals surface area (Å²) in [5, 5.41) is 151. The molecular formula is C71H98N12O26. The van der Waals surface area contributed by atoms with E-state index in [1.54, 1.807) is 61.5 Å². The summed E-state index contributed by atoms with van der Waals surface area (Å²) < 4.78 is 47.7. The molecule has 10 rings (SSSR count). The Morgan fingerprint density at radius 3 is 1.94 bits per heavy atom. The van der Waals surface area contributed by atoms with Crippen LogP contribution in [0.3, 0.4) is 0 Å². The normalized spacial score (nSPS) is 34.7. The van der Waals surface area contributed by atoms with Gasteiger partial charge in [0, 0.05) is 17.9 Å². The molecule has 38 heteroatoms. The van der Waals surface area contributed by atoms with Crippen molar-refractivity contribution in [3.05, 3.63) is 119 Å². The van der Waals surface area contributed by atoms with E-state index >= 15 is 9.59 Å². The first kappa shape index (κ1) is 82.9. The molecule has 6 amide bonds. The Labute approximate surface area is 625 Å². The average Bonchev–Trinajstić information content (AvgIpc) is 0.842. The van der Waals surface area contributed by atoms with Gasteiger partial charge in [-0.25, -0.2) is 0 Å². The van der Waals surface area contributed by atoms with E-state index in [9.17, 15) is 80.5 Å². The van der Waals surface area contributed by atoms with Crippen LogP contribution in [0, 0.1) is 0 Å². The van der Waals surface area contributed by atoms with Gasteiger partial charge in [-0.05, 0) is 75.1 Å². The van der Waals surface area contributed by atoms with Crippen LogP contribution in [0.5, 0.6) is 11.5 Å². The van der Waals surface area contributed by atoms with Gasteiger partial charge in [-0.3, -0.25) is 38.8 Å². The molecule has 7 aliphatic rings. The van der Waals surface area contributed by atoms with Gasteiger partial charge in [-0.15, -0.1) is 0 Å². The standard InChI is InChI=1S/C71H98N12O26/c1-31(2)9-8-10-32(3)21-22-102-37-19-15-36(16-20-37)67-103-30-45-60(108-67)55(93)58(96)69(107-45)109-59-44(29-86)106-68(57(95)54(59)92)104-38-17-13-34(14-18-38)23-39-62(98)81-48(50(88)40-24-75-70(72)79-40)65(101)82-49(51(89)42-25-76-71(73)83(42)66-56(94)53(91)52(90)43(28-85)105-66)64(100)78-41(27-84)61(97)74-26-46(87)80-47(63(99)77-39)33(4)35-11-6-5-7-12-35/h5-7,9,11-21,33,39-45,47-60,66-69,84-86,88-96H,8,10,22-30H2,1-4H3,(H2,73,76)(H,74,97)(H,77,99)(H,78,100)(H,80,87)(H,81,98)(H,82,101)(H3,72,75,79)/b32-21+. The topological polar surface area (TPSA) is 583 Å². The van der Waals surface area contributed by atoms with Crippen LogP contribution in [0.4, 0.5) is 0 Å². The largest absolute Gasteiger partial charge is 0.490 e. The summed E-state index contributed by atoms with van der Waals surface area (Å²) in [4.78, 5) is 96.8. The Balaban J connectivity index is 0.857. The highest BCUT2D eigenvalue weighted by atomic mass is 16.8. The predicted molar refractivity (Wildman–Crippen MR) is 378 cm³/mol. The van der Waals surface area contributed by atoms with Crippen LogP contribution in [-0.2, 0) is 63.6 Å². The van der Waals surface area contributed by atoms with Gasteiger partial charge in [0.05, 0.1) is 58.1 Å². The molecule has 0 bridgehead atoms. The molecule has 7 aliphatic heterocycles. The van der Waals surface area contributed by atoms with Gasteiger partial charge >= 0.3 is 0 Å². The summed E-state index contributed by atoms with van der Waals surface area (Å²) in [7, 11) is 0. The number of hydrogen-bond donors (Lipinski definition) is 21. The van der Waals surface area contributed by atoms with E-state index in [0.29, 0.717) is 23.5 Å². The third-order valence-corrected chi connectivity index (χ3v) is 19.9. The minimum atomic E-state index is -2.35. The van der Waals surface area contributed by atoms with Crippen molar-refractivity contribution in [1.82, 2.24) is 42.1 Å². The van der Waals surface area contributed by atoms with Gasteiger partial charge in [0.15, 0.2) is 30.7 Å². The maximum absolute atomic E-state index is 15.3. The Hall–Kier alpha value is -8.62. The molecule has 598 valence electrons. The number of benzene rings is 3. The summed E-state index contributed by atoms with van der Waals surface area (Å²) in [5.41, 5.74) is 16.0. The maximum Gasteiger partial charge on any atom is 0.246 e. The average molecular weight is 1540 g/mol. The van der Waals surface area contributed by atoms with Crippen LogP contribution in [0.25, 0.3) is 0 Å². The van der Waals surface area contributed by atoms with Crippen LogP contribution >= 0.6 is 0 Å². The van der Waals surface area contributed by atoms with Gasteiger partial charge in [-0.2, -0.15) is 0 Å². The number of aliphatic hydroxyl groups excluding tert-OH is 12. The molecule has 0 spiro atoms. The molecule has 3 aromatic rings. The summed E-state index contributed by atoms with van der Waals surface area (Å²) >= 11 is 0. The molecule has 26 unspecified atom stereocenters. The lowest BCUT2D eigenvalue weighted by molar-refractivity contribution is -0.383. The lowest BCUT2D eigenvalue weighted by atomic mass is 9.92. The van der Waals surface area contributed by atoms with Crippen LogP contribution in [0.1, 0.15) is 69.4 Å². The fourth-order valence-corrected chi connectivity index (χ4v) is 13.6. The lowest BCUT2D eigenvalue weighted by Crippen LogP contribution is -2.70. The van der Waals surface area contributed by atoms with E-state index in [1.165, 1.54) is 35.4 Å². The number of aliphatic imine (C=N–C) groups is 2. The highest BCUT2D eigenvalue weighted by Crippen LogP contribution is 2.38. The van der Waals surface area contributed by atoms with Crippen molar-refractivity contribution in [2.24, 2.45) is 21.5 Å². The van der Waals surface area contributed by atoms with Crippen molar-refractivity contribution in [2.45, 2.75) is 206 Å². The molecule has 0 saturated carbocycles. The fraction of sp³-hybridized carbons (Fsp3) is 0.577. The van der Waals surface area contributed by atoms with Crippen molar-refractivity contribution >= 4 is 47.4 Å². The van der Waals surface area contributed by atoms with Crippen molar-refractivity contribution in [2.75, 3.05) is 52.7 Å². The molecule has 109 heavy (non-hydrogen) atoms. The Morgan fingerprint density at radius 1 is 0.624 bits per heavy atom. The van der Waals surface area contributed by atoms with Crippen LogP contribution in [0.15, 0.2) is 112 Å². The molecule has 0 radical (unpaired) electrons. The van der Waals surface area contributed by atoms with Crippen LogP contribution in [-0.4, -0.2) is 313 Å². The molecule has 0 aliphatic carbocycles. The second-order valence-corrected chi connectivity index (χ2v) is 27.9. The Morgan fingerprint density at radius 2 is 1.28 bits per heavy atom. The van der Waals surface area contributed by atoms with Crippen LogP contribution in [0.2, 0.25) is 0 Å². The van der Waals surface area contributed by atoms with E-state index < -0.39 is 239 Å². The van der Waals surface area contributed by atoms with Crippen molar-refractivity contribution < 1.29 is 128 Å². The van der Waals surface area contributed by atoms with Gasteiger partial charge < -0.3 is 153 Å². The number of nitrogens with two attached hydrogens (primary N) is 2. The summed E-state index contributed by atoms with van der Waals surface area (Å²) in [5.74, 6) is -8.33. The smallest absolute Gasteiger partial charge is 0.246 e. The summed E-state index contributed by atoms with van der Waals surface area (Å²) in [6.07, 6.45) is -25.0. The second kappa shape index (κ2) is 37.4. The molecule has 7 heterocycles. The molecule has 26 atom stereocenters. The number of guanidine groups is 2. The third-order valence-electron chi connectivity index (χ3n) is 19.9. The molecule has 23 N–H and O–H groups in total. The Bertz CT molecular complexity index is 3730. The maximum atomic E-state index is 15.3. The van der Waals surface area contributed by atoms with Crippen molar-refractivity contribution in [1.29, 1.82) is 0 Å². The van der Waals surface area contributed by atoms with E-state index in [-0.39, 0.29) is 30.4 Å². The number of fused-ring (bicyclic) bond motifs is 1. The van der Waals surface area contributed by atoms with Crippen molar-refractivity contribution in [3.8, 4) is 11.5 Å². The number of hydrogen-bond acceptors (Lipinski definition) is 32. The number of rotatable bonds is 23. The lowest BCUT2D eigenvalue weighted by Gasteiger charge is -2.48. The first-order valence-electron chi connectivity index (χ1n) is 35.7. The summed E-state index contributed by atoms with van der Waals surface area (Å²) in [6, 6.07) is 7.96. The molecular weight excluding hydrogens is 1440 g/mol. The number of ether oxygens (including phenoxy) is 8. The fourth-order valence-electron chi connectivity index (χ4n) is 13.6. The van der Waals surface area contributed by atoms with E-state index in [2.05, 4.69) is 67.1 Å². The van der Waals surface area contributed by atoms with Crippen molar-refractivity contribution in [3.63, 3.8) is 0 Å². The zero-order chi connectivity index (χ0) is 78.7. The minimum Gasteiger partial charge on any atom is -0.490 e.